The van der Waals surface area contributed by atoms with Crippen LogP contribution in [0, 0.1) is 5.41 Å². The van der Waals surface area contributed by atoms with Crippen LogP contribution in [0.3, 0.4) is 0 Å². The Hall–Kier alpha value is -1.02. The minimum Gasteiger partial charge on any atom is -0.338 e. The second kappa shape index (κ2) is 6.84. The summed E-state index contributed by atoms with van der Waals surface area (Å²) in [5.41, 5.74) is 0.103. The minimum absolute atomic E-state index is 0.103. The fraction of sp³-hybridized carbons (Fsp3) is 0.375. The molecule has 0 aromatic carbocycles. The molecule has 1 atom stereocenters. The van der Waals surface area contributed by atoms with Crippen LogP contribution < -0.4 is 5.32 Å². The molecule has 3 aromatic rings. The topological polar surface area (TPSA) is 51.0 Å². The number of thiophene rings is 2. The zero-order chi connectivity index (χ0) is 16.4. The van der Waals surface area contributed by atoms with Gasteiger partial charge in [0.1, 0.15) is 0 Å². The number of hydrogen-bond donors (Lipinski definition) is 1. The molecule has 0 fully saturated rings. The van der Waals surface area contributed by atoms with Crippen LogP contribution in [-0.4, -0.2) is 10.1 Å². The molecule has 0 unspecified atom stereocenters. The first kappa shape index (κ1) is 16.8. The van der Waals surface area contributed by atoms with E-state index < -0.39 is 0 Å². The second-order valence-corrected chi connectivity index (χ2v) is 9.14. The van der Waals surface area contributed by atoms with Gasteiger partial charge in [-0.05, 0) is 38.9 Å². The summed E-state index contributed by atoms with van der Waals surface area (Å²) in [6, 6.07) is 6.49. The van der Waals surface area contributed by atoms with Gasteiger partial charge < -0.3 is 9.84 Å². The van der Waals surface area contributed by atoms with Crippen molar-refractivity contribution in [3.8, 4) is 10.7 Å². The Morgan fingerprint density at radius 1 is 1.35 bits per heavy atom. The number of rotatable bonds is 5. The van der Waals surface area contributed by atoms with Crippen LogP contribution in [0.15, 0.2) is 38.0 Å². The Labute approximate surface area is 152 Å². The minimum atomic E-state index is 0.103. The number of hydrogen-bond acceptors (Lipinski definition) is 6. The third-order valence-electron chi connectivity index (χ3n) is 3.41. The van der Waals surface area contributed by atoms with Crippen molar-refractivity contribution >= 4 is 38.6 Å². The maximum absolute atomic E-state index is 5.38. The van der Waals surface area contributed by atoms with E-state index in [4.69, 9.17) is 4.52 Å². The van der Waals surface area contributed by atoms with Crippen LogP contribution in [0.1, 0.15) is 37.6 Å². The molecule has 0 amide bonds. The number of aromatic nitrogens is 2. The molecule has 3 heterocycles. The molecular weight excluding hydrogens is 394 g/mol. The first-order valence-corrected chi connectivity index (χ1v) is 9.82. The van der Waals surface area contributed by atoms with Crippen LogP contribution in [0.2, 0.25) is 0 Å². The van der Waals surface area contributed by atoms with Crippen LogP contribution in [0.4, 0.5) is 0 Å². The van der Waals surface area contributed by atoms with Gasteiger partial charge in [0.15, 0.2) is 0 Å². The van der Waals surface area contributed by atoms with Crippen molar-refractivity contribution in [3.63, 3.8) is 0 Å². The van der Waals surface area contributed by atoms with E-state index in [2.05, 4.69) is 69.7 Å². The van der Waals surface area contributed by atoms with Gasteiger partial charge in [0, 0.05) is 20.8 Å². The predicted octanol–water partition coefficient (Wildman–Crippen LogP) is 5.50. The van der Waals surface area contributed by atoms with Crippen molar-refractivity contribution in [1.82, 2.24) is 15.5 Å². The fourth-order valence-electron chi connectivity index (χ4n) is 2.34. The zero-order valence-corrected chi connectivity index (χ0v) is 16.4. The molecule has 0 aliphatic carbocycles. The van der Waals surface area contributed by atoms with E-state index in [9.17, 15) is 0 Å². The lowest BCUT2D eigenvalue weighted by molar-refractivity contribution is 0.260. The molecule has 0 radical (unpaired) electrons. The standard InChI is InChI=1S/C16H18BrN3OS2/c1-16(2,3)14(11-5-4-6-22-11)18-8-13-19-15(20-21-13)12-7-10(17)9-23-12/h4-7,9,14,18H,8H2,1-3H3/t14-/m0/s1. The fourth-order valence-corrected chi connectivity index (χ4v) is 4.73. The summed E-state index contributed by atoms with van der Waals surface area (Å²) in [6.45, 7) is 7.24. The lowest BCUT2D eigenvalue weighted by Crippen LogP contribution is -2.31. The van der Waals surface area contributed by atoms with Crippen LogP contribution in [0.25, 0.3) is 10.7 Å². The number of halogens is 1. The summed E-state index contributed by atoms with van der Waals surface area (Å²) in [5.74, 6) is 1.25. The van der Waals surface area contributed by atoms with Gasteiger partial charge in [0.2, 0.25) is 11.7 Å². The molecule has 0 saturated carbocycles. The SMILES string of the molecule is CC(C)(C)[C@@H](NCc1nc(-c2cc(Br)cs2)no1)c1cccs1. The van der Waals surface area contributed by atoms with Crippen LogP contribution in [0.5, 0.6) is 0 Å². The maximum atomic E-state index is 5.38. The van der Waals surface area contributed by atoms with E-state index in [0.29, 0.717) is 18.3 Å². The van der Waals surface area contributed by atoms with Gasteiger partial charge in [0.05, 0.1) is 11.4 Å². The van der Waals surface area contributed by atoms with E-state index >= 15 is 0 Å². The summed E-state index contributed by atoms with van der Waals surface area (Å²) in [4.78, 5) is 6.80. The smallest absolute Gasteiger partial charge is 0.240 e. The molecular formula is C16H18BrN3OS2. The first-order valence-electron chi connectivity index (χ1n) is 7.27. The Morgan fingerprint density at radius 3 is 2.78 bits per heavy atom. The Morgan fingerprint density at radius 2 is 2.17 bits per heavy atom. The van der Waals surface area contributed by atoms with E-state index in [1.807, 2.05) is 11.4 Å². The third-order valence-corrected chi connectivity index (χ3v) is 6.03. The van der Waals surface area contributed by atoms with Gasteiger partial charge in [-0.1, -0.05) is 32.0 Å². The van der Waals surface area contributed by atoms with Gasteiger partial charge >= 0.3 is 0 Å². The highest BCUT2D eigenvalue weighted by molar-refractivity contribution is 9.10. The van der Waals surface area contributed by atoms with Gasteiger partial charge in [-0.25, -0.2) is 0 Å². The van der Waals surface area contributed by atoms with Crippen molar-refractivity contribution in [3.05, 3.63) is 44.2 Å². The van der Waals surface area contributed by atoms with Crippen molar-refractivity contribution in [2.45, 2.75) is 33.4 Å². The largest absolute Gasteiger partial charge is 0.338 e. The molecule has 122 valence electrons. The average Bonchev–Trinajstić information content (AvgIpc) is 3.18. The molecule has 3 rings (SSSR count). The van der Waals surface area contributed by atoms with Gasteiger partial charge in [-0.15, -0.1) is 22.7 Å². The lowest BCUT2D eigenvalue weighted by atomic mass is 9.86. The number of nitrogens with zero attached hydrogens (tertiary/aromatic N) is 2. The average molecular weight is 412 g/mol. The highest BCUT2D eigenvalue weighted by Crippen LogP contribution is 2.35. The van der Waals surface area contributed by atoms with Crippen LogP contribution in [-0.2, 0) is 6.54 Å². The van der Waals surface area contributed by atoms with E-state index in [-0.39, 0.29) is 11.5 Å². The van der Waals surface area contributed by atoms with E-state index in [0.717, 1.165) is 9.35 Å². The summed E-state index contributed by atoms with van der Waals surface area (Å²) < 4.78 is 6.41. The van der Waals surface area contributed by atoms with Crippen molar-refractivity contribution in [2.75, 3.05) is 0 Å². The quantitative estimate of drug-likeness (QED) is 0.601. The molecule has 0 bridgehead atoms. The highest BCUT2D eigenvalue weighted by Gasteiger charge is 2.27. The molecule has 1 N–H and O–H groups in total. The van der Waals surface area contributed by atoms with E-state index in [1.54, 1.807) is 22.7 Å². The predicted molar refractivity (Wildman–Crippen MR) is 98.7 cm³/mol. The Balaban J connectivity index is 1.71. The monoisotopic (exact) mass is 411 g/mol. The van der Waals surface area contributed by atoms with Gasteiger partial charge in [0.25, 0.3) is 0 Å². The molecule has 0 saturated heterocycles. The normalized spacial score (nSPS) is 13.4. The maximum Gasteiger partial charge on any atom is 0.240 e. The molecule has 0 aliphatic rings. The molecule has 3 aromatic heterocycles. The zero-order valence-electron chi connectivity index (χ0n) is 13.2. The van der Waals surface area contributed by atoms with Crippen molar-refractivity contribution in [1.29, 1.82) is 0 Å². The molecule has 7 heteroatoms. The Kier molecular flexibility index (Phi) is 5.01. The van der Waals surface area contributed by atoms with Gasteiger partial charge in [-0.3, -0.25) is 0 Å². The second-order valence-electron chi connectivity index (χ2n) is 6.34. The third kappa shape index (κ3) is 4.09. The summed E-state index contributed by atoms with van der Waals surface area (Å²) >= 11 is 6.80. The van der Waals surface area contributed by atoms with Crippen molar-refractivity contribution < 1.29 is 4.52 Å². The molecule has 4 nitrogen and oxygen atoms in total. The molecule has 0 aliphatic heterocycles. The lowest BCUT2D eigenvalue weighted by Gasteiger charge is -2.30. The van der Waals surface area contributed by atoms with E-state index in [1.165, 1.54) is 4.88 Å². The number of nitrogens with one attached hydrogen (secondary N) is 1. The first-order chi connectivity index (χ1) is 10.9. The molecule has 0 spiro atoms. The van der Waals surface area contributed by atoms with Gasteiger partial charge in [-0.2, -0.15) is 4.98 Å². The molecule has 23 heavy (non-hydrogen) atoms. The van der Waals surface area contributed by atoms with Crippen LogP contribution >= 0.6 is 38.6 Å². The van der Waals surface area contributed by atoms with Crippen molar-refractivity contribution in [2.24, 2.45) is 5.41 Å². The summed E-state index contributed by atoms with van der Waals surface area (Å²) in [5, 5.41) is 11.7. The summed E-state index contributed by atoms with van der Waals surface area (Å²) in [6.07, 6.45) is 0. The summed E-state index contributed by atoms with van der Waals surface area (Å²) in [7, 11) is 0. The highest BCUT2D eigenvalue weighted by atomic mass is 79.9. The Bertz CT molecular complexity index is 758.